The van der Waals surface area contributed by atoms with E-state index in [9.17, 15) is 13.8 Å². The number of fused-ring (bicyclic) bond motifs is 1. The summed E-state index contributed by atoms with van der Waals surface area (Å²) in [5.41, 5.74) is 0.881. The molecule has 4 rings (SSSR count). The molecule has 1 saturated heterocycles. The van der Waals surface area contributed by atoms with Gasteiger partial charge in [-0.3, -0.25) is 9.36 Å². The predicted octanol–water partition coefficient (Wildman–Crippen LogP) is 2.28. The lowest BCUT2D eigenvalue weighted by Crippen LogP contribution is -2.31. The quantitative estimate of drug-likeness (QED) is 0.384. The number of benzene rings is 1. The Kier molecular flexibility index (Phi) is 6.02. The van der Waals surface area contributed by atoms with Crippen LogP contribution in [0.2, 0.25) is 0 Å². The van der Waals surface area contributed by atoms with Crippen LogP contribution in [-0.4, -0.2) is 54.5 Å². The lowest BCUT2D eigenvalue weighted by Gasteiger charge is -2.15. The number of hydrogen-bond acceptors (Lipinski definition) is 8. The van der Waals surface area contributed by atoms with E-state index in [4.69, 9.17) is 14.2 Å². The number of nitrogens with one attached hydrogen (secondary N) is 1. The van der Waals surface area contributed by atoms with Crippen LogP contribution in [0.3, 0.4) is 0 Å². The Balaban J connectivity index is 1.63. The van der Waals surface area contributed by atoms with E-state index in [0.717, 1.165) is 0 Å². The highest BCUT2D eigenvalue weighted by atomic mass is 32.1. The second kappa shape index (κ2) is 8.70. The molecule has 5 atom stereocenters. The SMILES string of the molecule is O=C(Nc1ncnc2c1ncn2[C@@H]1O[C@H](CS)[C@@H](O[P+](=O)O)[C@H]1F)c1ccccc1. The van der Waals surface area contributed by atoms with Crippen molar-refractivity contribution in [1.82, 2.24) is 19.5 Å². The van der Waals surface area contributed by atoms with Crippen molar-refractivity contribution in [2.45, 2.75) is 24.6 Å². The molecule has 1 aliphatic heterocycles. The summed E-state index contributed by atoms with van der Waals surface area (Å²) in [6, 6.07) is 8.55. The Hall–Kier alpha value is -2.50. The van der Waals surface area contributed by atoms with E-state index >= 15 is 0 Å². The molecule has 2 N–H and O–H groups in total. The normalized spacial score (nSPS) is 24.2. The van der Waals surface area contributed by atoms with Gasteiger partial charge in [0.15, 0.2) is 35.5 Å². The lowest BCUT2D eigenvalue weighted by atomic mass is 10.2. The maximum Gasteiger partial charge on any atom is 0.695 e. The van der Waals surface area contributed by atoms with E-state index in [-0.39, 0.29) is 28.6 Å². The number of amides is 1. The van der Waals surface area contributed by atoms with E-state index in [1.807, 2.05) is 0 Å². The van der Waals surface area contributed by atoms with Crippen LogP contribution in [0.1, 0.15) is 16.6 Å². The number of hydrogen-bond donors (Lipinski definition) is 3. The summed E-state index contributed by atoms with van der Waals surface area (Å²) < 4.78 is 37.8. The van der Waals surface area contributed by atoms with Crippen LogP contribution in [-0.2, 0) is 13.8 Å². The van der Waals surface area contributed by atoms with Crippen LogP contribution in [0.4, 0.5) is 10.2 Å². The fourth-order valence-electron chi connectivity index (χ4n) is 3.19. The van der Waals surface area contributed by atoms with Gasteiger partial charge in [-0.2, -0.15) is 12.6 Å². The lowest BCUT2D eigenvalue weighted by molar-refractivity contribution is -0.0105. The Morgan fingerprint density at radius 1 is 1.33 bits per heavy atom. The molecule has 3 aromatic rings. The molecule has 156 valence electrons. The van der Waals surface area contributed by atoms with Crippen LogP contribution in [0.25, 0.3) is 11.2 Å². The molecule has 2 aromatic heterocycles. The Morgan fingerprint density at radius 3 is 2.80 bits per heavy atom. The van der Waals surface area contributed by atoms with E-state index in [1.165, 1.54) is 17.2 Å². The molecule has 0 saturated carbocycles. The number of imidazole rings is 1. The number of nitrogens with zero attached hydrogens (tertiary/aromatic N) is 4. The van der Waals surface area contributed by atoms with Gasteiger partial charge in [-0.1, -0.05) is 18.2 Å². The number of carbonyl (C=O) groups is 1. The summed E-state index contributed by atoms with van der Waals surface area (Å²) in [6.45, 7) is 0. The molecule has 0 bridgehead atoms. The molecule has 1 aliphatic rings. The third-order valence-corrected chi connectivity index (χ3v) is 5.34. The van der Waals surface area contributed by atoms with Crippen LogP contribution >= 0.6 is 20.9 Å². The number of ether oxygens (including phenoxy) is 1. The molecule has 13 heteroatoms. The predicted molar refractivity (Wildman–Crippen MR) is 107 cm³/mol. The third-order valence-electron chi connectivity index (χ3n) is 4.56. The third kappa shape index (κ3) is 3.92. The zero-order chi connectivity index (χ0) is 21.3. The smallest absolute Gasteiger partial charge is 0.348 e. The monoisotopic (exact) mass is 452 g/mol. The minimum Gasteiger partial charge on any atom is -0.348 e. The van der Waals surface area contributed by atoms with Gasteiger partial charge in [0.25, 0.3) is 5.91 Å². The van der Waals surface area contributed by atoms with E-state index in [0.29, 0.717) is 5.56 Å². The van der Waals surface area contributed by atoms with Crippen LogP contribution in [0.5, 0.6) is 0 Å². The molecule has 1 fully saturated rings. The zero-order valence-corrected chi connectivity index (χ0v) is 17.0. The van der Waals surface area contributed by atoms with Gasteiger partial charge < -0.3 is 10.1 Å². The molecule has 1 aromatic carbocycles. The fraction of sp³-hybridized carbons (Fsp3) is 0.294. The number of aromatic nitrogens is 4. The molecule has 1 unspecified atom stereocenters. The van der Waals surface area contributed by atoms with E-state index in [2.05, 4.69) is 32.9 Å². The van der Waals surface area contributed by atoms with Crippen LogP contribution < -0.4 is 5.32 Å². The van der Waals surface area contributed by atoms with Gasteiger partial charge in [-0.05, 0) is 12.1 Å². The molecule has 1 amide bonds. The molecule has 0 spiro atoms. The molecule has 0 radical (unpaired) electrons. The van der Waals surface area contributed by atoms with Gasteiger partial charge in [-0.25, -0.2) is 19.3 Å². The number of thiol groups is 1. The van der Waals surface area contributed by atoms with Crippen LogP contribution in [0, 0.1) is 0 Å². The summed E-state index contributed by atoms with van der Waals surface area (Å²) in [5.74, 6) is -0.163. The topological polar surface area (TPSA) is 128 Å². The van der Waals surface area contributed by atoms with Crippen molar-refractivity contribution in [1.29, 1.82) is 0 Å². The molecular weight excluding hydrogens is 436 g/mol. The second-order valence-corrected chi connectivity index (χ2v) is 7.42. The zero-order valence-electron chi connectivity index (χ0n) is 15.2. The Labute approximate surface area is 175 Å². The first-order valence-corrected chi connectivity index (χ1v) is 10.5. The summed E-state index contributed by atoms with van der Waals surface area (Å²) in [5, 5.41) is 2.66. The summed E-state index contributed by atoms with van der Waals surface area (Å²) in [4.78, 5) is 33.8. The largest absolute Gasteiger partial charge is 0.695 e. The van der Waals surface area contributed by atoms with Crippen LogP contribution in [0.15, 0.2) is 43.0 Å². The van der Waals surface area contributed by atoms with Gasteiger partial charge in [-0.15, -0.1) is 9.42 Å². The average Bonchev–Trinajstić information content (AvgIpc) is 3.30. The average molecular weight is 452 g/mol. The van der Waals surface area contributed by atoms with Crippen molar-refractivity contribution in [3.8, 4) is 0 Å². The van der Waals surface area contributed by atoms with Gasteiger partial charge >= 0.3 is 8.25 Å². The second-order valence-electron chi connectivity index (χ2n) is 6.37. The summed E-state index contributed by atoms with van der Waals surface area (Å²) >= 11 is 4.09. The van der Waals surface area contributed by atoms with Gasteiger partial charge in [0.2, 0.25) is 0 Å². The number of anilines is 1. The molecule has 0 aliphatic carbocycles. The highest BCUT2D eigenvalue weighted by Crippen LogP contribution is 2.39. The number of halogens is 1. The minimum atomic E-state index is -3.02. The first kappa shape index (κ1) is 20.8. The molecular formula is C17H16FN5O5PS+. The van der Waals surface area contributed by atoms with Crippen molar-refractivity contribution in [3.63, 3.8) is 0 Å². The van der Waals surface area contributed by atoms with Gasteiger partial charge in [0, 0.05) is 15.9 Å². The van der Waals surface area contributed by atoms with Crippen molar-refractivity contribution < 1.29 is 27.9 Å². The maximum atomic E-state index is 15.0. The van der Waals surface area contributed by atoms with E-state index in [1.54, 1.807) is 30.3 Å². The highest BCUT2D eigenvalue weighted by Gasteiger charge is 2.51. The summed E-state index contributed by atoms with van der Waals surface area (Å²) in [6.07, 6.45) is -2.61. The fourth-order valence-corrected chi connectivity index (χ4v) is 3.95. The standard InChI is InChI=1S/C17H15FN5O5PS/c18-11-13(28-29(25)26)10(6-30)27-17(11)23-8-21-12-14(19-7-20-15(12)23)22-16(24)9-4-2-1-3-5-9/h1-5,7-8,10-11,13,17H,6H2,(H2-,19,20,22,24,25,26,30)/p+1/t10-,11-,13-,17-/m1/s1. The first-order chi connectivity index (χ1) is 14.5. The number of carbonyl (C=O) groups excluding carboxylic acids is 1. The molecule has 10 nitrogen and oxygen atoms in total. The maximum absolute atomic E-state index is 15.0. The van der Waals surface area contributed by atoms with Crippen molar-refractivity contribution in [2.75, 3.05) is 11.1 Å². The molecule has 30 heavy (non-hydrogen) atoms. The van der Waals surface area contributed by atoms with E-state index < -0.39 is 32.9 Å². The Morgan fingerprint density at radius 2 is 2.10 bits per heavy atom. The number of rotatable bonds is 6. The molecule has 3 heterocycles. The highest BCUT2D eigenvalue weighted by molar-refractivity contribution is 7.80. The van der Waals surface area contributed by atoms with Gasteiger partial charge in [0.05, 0.1) is 6.33 Å². The van der Waals surface area contributed by atoms with Crippen molar-refractivity contribution >= 4 is 43.8 Å². The van der Waals surface area contributed by atoms with Crippen molar-refractivity contribution in [3.05, 3.63) is 48.5 Å². The summed E-state index contributed by atoms with van der Waals surface area (Å²) in [7, 11) is -3.02. The van der Waals surface area contributed by atoms with Gasteiger partial charge in [0.1, 0.15) is 12.4 Å². The van der Waals surface area contributed by atoms with Crippen molar-refractivity contribution in [2.24, 2.45) is 0 Å². The minimum absolute atomic E-state index is 0.0742. The Bertz CT molecular complexity index is 1090. The number of alkyl halides is 1. The first-order valence-electron chi connectivity index (χ1n) is 8.77.